The molecule has 0 bridgehead atoms. The minimum atomic E-state index is -0.663. The van der Waals surface area contributed by atoms with Crippen LogP contribution in [-0.2, 0) is 11.2 Å². The molecular weight excluding hydrogens is 224 g/mol. The van der Waals surface area contributed by atoms with Crippen LogP contribution in [0.25, 0.3) is 0 Å². The molecule has 1 atom stereocenters. The van der Waals surface area contributed by atoms with Crippen LogP contribution >= 0.6 is 0 Å². The topological polar surface area (TPSA) is 43.1 Å². The van der Waals surface area contributed by atoms with Crippen LogP contribution in [0, 0.1) is 17.6 Å². The van der Waals surface area contributed by atoms with Gasteiger partial charge in [-0.05, 0) is 31.0 Å². The molecule has 17 heavy (non-hydrogen) atoms. The molecule has 0 fully saturated rings. The zero-order valence-corrected chi connectivity index (χ0v) is 9.88. The number of Topliss-reactive ketones (excluding diaryl/α,β-unsaturated/α-hetero) is 1. The first-order valence-corrected chi connectivity index (χ1v) is 5.71. The van der Waals surface area contributed by atoms with Gasteiger partial charge in [-0.25, -0.2) is 8.78 Å². The molecule has 0 radical (unpaired) electrons. The van der Waals surface area contributed by atoms with Gasteiger partial charge in [0.15, 0.2) is 0 Å². The summed E-state index contributed by atoms with van der Waals surface area (Å²) in [6.07, 6.45) is 1.49. The van der Waals surface area contributed by atoms with E-state index in [1.165, 1.54) is 6.07 Å². The van der Waals surface area contributed by atoms with Gasteiger partial charge in [0.2, 0.25) is 0 Å². The molecule has 1 unspecified atom stereocenters. The van der Waals surface area contributed by atoms with E-state index < -0.39 is 11.6 Å². The fourth-order valence-corrected chi connectivity index (χ4v) is 1.61. The number of ketones is 1. The lowest BCUT2D eigenvalue weighted by molar-refractivity contribution is -0.121. The van der Waals surface area contributed by atoms with Gasteiger partial charge in [0.05, 0.1) is 0 Å². The third-order valence-corrected chi connectivity index (χ3v) is 2.77. The molecular formula is C13H17F2NO. The van der Waals surface area contributed by atoms with Gasteiger partial charge in [-0.15, -0.1) is 0 Å². The number of carbonyl (C=O) groups is 1. The second-order valence-corrected chi connectivity index (χ2v) is 4.21. The van der Waals surface area contributed by atoms with Crippen molar-refractivity contribution in [3.63, 3.8) is 0 Å². The minimum Gasteiger partial charge on any atom is -0.330 e. The highest BCUT2D eigenvalue weighted by molar-refractivity contribution is 5.82. The fraction of sp³-hybridized carbons (Fsp3) is 0.462. The van der Waals surface area contributed by atoms with Gasteiger partial charge in [-0.3, -0.25) is 4.79 Å². The summed E-state index contributed by atoms with van der Waals surface area (Å²) in [5, 5.41) is 0. The van der Waals surface area contributed by atoms with E-state index >= 15 is 0 Å². The van der Waals surface area contributed by atoms with E-state index in [4.69, 9.17) is 5.73 Å². The number of hydrogen-bond donors (Lipinski definition) is 1. The van der Waals surface area contributed by atoms with E-state index in [2.05, 4.69) is 0 Å². The van der Waals surface area contributed by atoms with Crippen LogP contribution < -0.4 is 5.73 Å². The van der Waals surface area contributed by atoms with E-state index in [-0.39, 0.29) is 23.7 Å². The average Bonchev–Trinajstić information content (AvgIpc) is 2.29. The molecule has 4 heteroatoms. The second-order valence-electron chi connectivity index (χ2n) is 4.21. The highest BCUT2D eigenvalue weighted by atomic mass is 19.1. The molecule has 0 spiro atoms. The Kier molecular flexibility index (Phi) is 5.22. The molecule has 0 saturated carbocycles. The predicted molar refractivity (Wildman–Crippen MR) is 62.5 cm³/mol. The molecule has 0 aromatic heterocycles. The van der Waals surface area contributed by atoms with Gasteiger partial charge in [-0.1, -0.05) is 13.0 Å². The van der Waals surface area contributed by atoms with Crippen LogP contribution in [0.3, 0.4) is 0 Å². The van der Waals surface area contributed by atoms with E-state index in [1.54, 1.807) is 6.92 Å². The Bertz CT molecular complexity index is 393. The predicted octanol–water partition coefficient (Wildman–Crippen LogP) is 2.45. The quantitative estimate of drug-likeness (QED) is 0.831. The van der Waals surface area contributed by atoms with E-state index in [9.17, 15) is 13.6 Å². The van der Waals surface area contributed by atoms with Gasteiger partial charge in [-0.2, -0.15) is 0 Å². The zero-order chi connectivity index (χ0) is 12.8. The van der Waals surface area contributed by atoms with E-state index in [0.29, 0.717) is 13.0 Å². The molecule has 0 aliphatic rings. The van der Waals surface area contributed by atoms with E-state index in [1.807, 2.05) is 0 Å². The summed E-state index contributed by atoms with van der Waals surface area (Å²) in [6, 6.07) is 3.28. The number of halogens is 2. The first-order chi connectivity index (χ1) is 8.04. The van der Waals surface area contributed by atoms with Crippen LogP contribution in [0.5, 0.6) is 0 Å². The zero-order valence-electron chi connectivity index (χ0n) is 9.88. The summed E-state index contributed by atoms with van der Waals surface area (Å²) in [7, 11) is 0. The molecule has 0 saturated heterocycles. The van der Waals surface area contributed by atoms with Gasteiger partial charge in [0.1, 0.15) is 17.4 Å². The van der Waals surface area contributed by atoms with Crippen molar-refractivity contribution in [1.29, 1.82) is 0 Å². The van der Waals surface area contributed by atoms with Crippen molar-refractivity contribution in [3.8, 4) is 0 Å². The van der Waals surface area contributed by atoms with Crippen molar-refractivity contribution < 1.29 is 13.6 Å². The lowest BCUT2D eigenvalue weighted by Gasteiger charge is -2.10. The first kappa shape index (κ1) is 13.8. The van der Waals surface area contributed by atoms with Crippen LogP contribution in [0.15, 0.2) is 18.2 Å². The molecule has 1 aromatic carbocycles. The number of carbonyl (C=O) groups excluding carboxylic acids is 1. The van der Waals surface area contributed by atoms with Crippen molar-refractivity contribution in [2.24, 2.45) is 11.7 Å². The summed E-state index contributed by atoms with van der Waals surface area (Å²) in [4.78, 5) is 11.8. The van der Waals surface area contributed by atoms with Gasteiger partial charge in [0.25, 0.3) is 0 Å². The Labute approximate surface area is 99.8 Å². The standard InChI is InChI=1S/C13H17F2NO/c1-9(3-2-6-16)13(17)7-10-4-5-11(14)8-12(10)15/h4-5,8-9H,2-3,6-7,16H2,1H3. The number of nitrogens with two attached hydrogens (primary N) is 1. The summed E-state index contributed by atoms with van der Waals surface area (Å²) in [6.45, 7) is 2.35. The van der Waals surface area contributed by atoms with Crippen molar-refractivity contribution in [1.82, 2.24) is 0 Å². The Balaban J connectivity index is 2.61. The highest BCUT2D eigenvalue weighted by Gasteiger charge is 2.15. The SMILES string of the molecule is CC(CCCN)C(=O)Cc1ccc(F)cc1F. The molecule has 0 amide bonds. The molecule has 2 N–H and O–H groups in total. The lowest BCUT2D eigenvalue weighted by Crippen LogP contribution is -2.16. The summed E-state index contributed by atoms with van der Waals surface area (Å²) >= 11 is 0. The Morgan fingerprint density at radius 2 is 2.12 bits per heavy atom. The van der Waals surface area contributed by atoms with Crippen LogP contribution in [0.2, 0.25) is 0 Å². The van der Waals surface area contributed by atoms with Crippen LogP contribution in [0.1, 0.15) is 25.3 Å². The van der Waals surface area contributed by atoms with Gasteiger partial charge in [0, 0.05) is 18.4 Å². The maximum Gasteiger partial charge on any atom is 0.140 e. The molecule has 0 heterocycles. The average molecular weight is 241 g/mol. The molecule has 2 nitrogen and oxygen atoms in total. The summed E-state index contributed by atoms with van der Waals surface area (Å²) in [5.74, 6) is -1.47. The third kappa shape index (κ3) is 4.23. The van der Waals surface area contributed by atoms with Crippen molar-refractivity contribution >= 4 is 5.78 Å². The molecule has 1 aromatic rings. The van der Waals surface area contributed by atoms with Gasteiger partial charge >= 0.3 is 0 Å². The van der Waals surface area contributed by atoms with Crippen molar-refractivity contribution in [3.05, 3.63) is 35.4 Å². The maximum absolute atomic E-state index is 13.3. The largest absolute Gasteiger partial charge is 0.330 e. The smallest absolute Gasteiger partial charge is 0.140 e. The number of rotatable bonds is 6. The monoisotopic (exact) mass is 241 g/mol. The number of hydrogen-bond acceptors (Lipinski definition) is 2. The Morgan fingerprint density at radius 1 is 1.41 bits per heavy atom. The molecule has 0 aliphatic carbocycles. The molecule has 0 aliphatic heterocycles. The highest BCUT2D eigenvalue weighted by Crippen LogP contribution is 2.14. The van der Waals surface area contributed by atoms with Crippen LogP contribution in [-0.4, -0.2) is 12.3 Å². The lowest BCUT2D eigenvalue weighted by atomic mass is 9.95. The van der Waals surface area contributed by atoms with Gasteiger partial charge < -0.3 is 5.73 Å². The van der Waals surface area contributed by atoms with E-state index in [0.717, 1.165) is 18.6 Å². The molecule has 94 valence electrons. The Morgan fingerprint density at radius 3 is 2.71 bits per heavy atom. The Hall–Kier alpha value is -1.29. The number of benzene rings is 1. The normalized spacial score (nSPS) is 12.5. The molecule has 1 rings (SSSR count). The van der Waals surface area contributed by atoms with Crippen molar-refractivity contribution in [2.45, 2.75) is 26.2 Å². The maximum atomic E-state index is 13.3. The van der Waals surface area contributed by atoms with Crippen LogP contribution in [0.4, 0.5) is 8.78 Å². The fourth-order valence-electron chi connectivity index (χ4n) is 1.61. The third-order valence-electron chi connectivity index (χ3n) is 2.77. The summed E-state index contributed by atoms with van der Waals surface area (Å²) in [5.41, 5.74) is 5.60. The second kappa shape index (κ2) is 6.45. The first-order valence-electron chi connectivity index (χ1n) is 5.71. The minimum absolute atomic E-state index is 0.0118. The summed E-state index contributed by atoms with van der Waals surface area (Å²) < 4.78 is 26.0. The van der Waals surface area contributed by atoms with Crippen molar-refractivity contribution in [2.75, 3.05) is 6.54 Å².